The van der Waals surface area contributed by atoms with Crippen LogP contribution in [0.25, 0.3) is 10.1 Å². The SMILES string of the molecule is O=C(O)CCCCCCC1[C@@H](CCC(O)c2cc3ccccc3s2)[C@H](O)C[C@@H]1O. The van der Waals surface area contributed by atoms with Gasteiger partial charge < -0.3 is 20.4 Å². The van der Waals surface area contributed by atoms with E-state index in [1.165, 1.54) is 4.70 Å². The first-order chi connectivity index (χ1) is 14.0. The molecule has 0 radical (unpaired) electrons. The van der Waals surface area contributed by atoms with Gasteiger partial charge in [0, 0.05) is 16.0 Å². The van der Waals surface area contributed by atoms with E-state index in [1.807, 2.05) is 24.3 Å². The molecule has 1 aromatic carbocycles. The number of aliphatic carboxylic acids is 1. The van der Waals surface area contributed by atoms with Crippen molar-refractivity contribution in [2.45, 2.75) is 76.1 Å². The summed E-state index contributed by atoms with van der Waals surface area (Å²) in [7, 11) is 0. The van der Waals surface area contributed by atoms with E-state index in [-0.39, 0.29) is 18.3 Å². The molecule has 0 spiro atoms. The van der Waals surface area contributed by atoms with Crippen LogP contribution in [-0.4, -0.2) is 38.6 Å². The third-order valence-corrected chi connectivity index (χ3v) is 7.46. The number of hydrogen-bond donors (Lipinski definition) is 4. The molecule has 1 aromatic heterocycles. The number of aliphatic hydroxyl groups excluding tert-OH is 3. The summed E-state index contributed by atoms with van der Waals surface area (Å²) in [5.74, 6) is -0.691. The normalized spacial score (nSPS) is 25.5. The molecule has 3 rings (SSSR count). The Morgan fingerprint density at radius 1 is 1.03 bits per heavy atom. The van der Waals surface area contributed by atoms with Gasteiger partial charge in [-0.25, -0.2) is 0 Å². The lowest BCUT2D eigenvalue weighted by Gasteiger charge is -2.24. The van der Waals surface area contributed by atoms with E-state index >= 15 is 0 Å². The summed E-state index contributed by atoms with van der Waals surface area (Å²) >= 11 is 1.61. The highest BCUT2D eigenvalue weighted by atomic mass is 32.1. The molecule has 1 aliphatic carbocycles. The highest BCUT2D eigenvalue weighted by Crippen LogP contribution is 2.41. The number of hydrogen-bond acceptors (Lipinski definition) is 5. The second-order valence-electron chi connectivity index (χ2n) is 8.32. The Balaban J connectivity index is 1.48. The van der Waals surface area contributed by atoms with Crippen LogP contribution in [0.4, 0.5) is 0 Å². The minimum absolute atomic E-state index is 0.00745. The van der Waals surface area contributed by atoms with E-state index in [4.69, 9.17) is 5.11 Å². The second-order valence-corrected chi connectivity index (χ2v) is 9.44. The molecule has 0 saturated heterocycles. The molecule has 0 aliphatic heterocycles. The van der Waals surface area contributed by atoms with Crippen molar-refractivity contribution in [2.75, 3.05) is 0 Å². The molecule has 0 amide bonds. The maximum Gasteiger partial charge on any atom is 0.303 e. The zero-order valence-corrected chi connectivity index (χ0v) is 17.6. The molecule has 2 aromatic rings. The Morgan fingerprint density at radius 3 is 2.45 bits per heavy atom. The third-order valence-electron chi connectivity index (χ3n) is 6.25. The van der Waals surface area contributed by atoms with Gasteiger partial charge in [0.15, 0.2) is 0 Å². The summed E-state index contributed by atoms with van der Waals surface area (Å²) in [5, 5.41) is 41.3. The van der Waals surface area contributed by atoms with Crippen LogP contribution in [0.5, 0.6) is 0 Å². The summed E-state index contributed by atoms with van der Waals surface area (Å²) in [6, 6.07) is 10.1. The minimum Gasteiger partial charge on any atom is -0.481 e. The molecule has 5 nitrogen and oxygen atoms in total. The number of carboxylic acid groups (broad SMARTS) is 1. The molecule has 6 heteroatoms. The summed E-state index contributed by atoms with van der Waals surface area (Å²) in [5.41, 5.74) is 0. The van der Waals surface area contributed by atoms with Crippen LogP contribution < -0.4 is 0 Å². The van der Waals surface area contributed by atoms with Crippen molar-refractivity contribution in [3.05, 3.63) is 35.2 Å². The van der Waals surface area contributed by atoms with Crippen LogP contribution in [0.15, 0.2) is 30.3 Å². The van der Waals surface area contributed by atoms with Crippen LogP contribution in [-0.2, 0) is 4.79 Å². The maximum atomic E-state index is 10.7. The van der Waals surface area contributed by atoms with Gasteiger partial charge in [-0.3, -0.25) is 4.79 Å². The van der Waals surface area contributed by atoms with E-state index in [2.05, 4.69) is 6.07 Å². The van der Waals surface area contributed by atoms with E-state index in [9.17, 15) is 20.1 Å². The monoisotopic (exact) mass is 420 g/mol. The van der Waals surface area contributed by atoms with E-state index in [1.54, 1.807) is 11.3 Å². The lowest BCUT2D eigenvalue weighted by atomic mass is 9.84. The predicted molar refractivity (Wildman–Crippen MR) is 115 cm³/mol. The highest BCUT2D eigenvalue weighted by Gasteiger charge is 2.40. The van der Waals surface area contributed by atoms with Crippen LogP contribution >= 0.6 is 11.3 Å². The summed E-state index contributed by atoms with van der Waals surface area (Å²) in [6.07, 6.45) is 4.64. The predicted octanol–water partition coefficient (Wildman–Crippen LogP) is 4.50. The fourth-order valence-corrected chi connectivity index (χ4v) is 5.73. The summed E-state index contributed by atoms with van der Waals surface area (Å²) in [6.45, 7) is 0. The van der Waals surface area contributed by atoms with Crippen LogP contribution in [0.2, 0.25) is 0 Å². The smallest absolute Gasteiger partial charge is 0.303 e. The van der Waals surface area contributed by atoms with Crippen molar-refractivity contribution < 1.29 is 25.2 Å². The molecule has 5 atom stereocenters. The second kappa shape index (κ2) is 10.5. The number of carbonyl (C=O) groups is 1. The molecule has 4 N–H and O–H groups in total. The fourth-order valence-electron chi connectivity index (χ4n) is 4.65. The lowest BCUT2D eigenvalue weighted by molar-refractivity contribution is -0.137. The van der Waals surface area contributed by atoms with Gasteiger partial charge >= 0.3 is 5.97 Å². The van der Waals surface area contributed by atoms with Gasteiger partial charge in [0.25, 0.3) is 0 Å². The minimum atomic E-state index is -0.753. The first kappa shape index (κ1) is 22.2. The van der Waals surface area contributed by atoms with Gasteiger partial charge in [-0.05, 0) is 61.5 Å². The standard InChI is InChI=1S/C23H32O5S/c24-18(22-13-15-7-5-6-9-21(15)29-22)12-11-17-16(19(25)14-20(17)26)8-3-1-2-4-10-23(27)28/h5-7,9,13,16-20,24-26H,1-4,8,10-12,14H2,(H,27,28)/t16?,17-,18?,19+,20-/m1/s1. The molecule has 0 bridgehead atoms. The number of benzene rings is 1. The Morgan fingerprint density at radius 2 is 1.72 bits per heavy atom. The van der Waals surface area contributed by atoms with E-state index in [0.717, 1.165) is 35.9 Å². The van der Waals surface area contributed by atoms with E-state index in [0.29, 0.717) is 25.7 Å². The van der Waals surface area contributed by atoms with Crippen molar-refractivity contribution in [3.63, 3.8) is 0 Å². The quantitative estimate of drug-likeness (QED) is 0.401. The summed E-state index contributed by atoms with van der Waals surface area (Å²) < 4.78 is 1.17. The molecule has 1 aliphatic rings. The fraction of sp³-hybridized carbons (Fsp3) is 0.609. The zero-order valence-electron chi connectivity index (χ0n) is 16.7. The summed E-state index contributed by atoms with van der Waals surface area (Å²) in [4.78, 5) is 11.5. The number of thiophene rings is 1. The van der Waals surface area contributed by atoms with Crippen LogP contribution in [0, 0.1) is 11.8 Å². The topological polar surface area (TPSA) is 98.0 Å². The number of carboxylic acids is 1. The van der Waals surface area contributed by atoms with Crippen LogP contribution in [0.3, 0.4) is 0 Å². The first-order valence-corrected chi connectivity index (χ1v) is 11.5. The Bertz CT molecular complexity index is 755. The molecule has 1 saturated carbocycles. The molecule has 29 heavy (non-hydrogen) atoms. The largest absolute Gasteiger partial charge is 0.481 e. The third kappa shape index (κ3) is 6.01. The zero-order chi connectivity index (χ0) is 20.8. The van der Waals surface area contributed by atoms with Gasteiger partial charge in [-0.15, -0.1) is 11.3 Å². The van der Waals surface area contributed by atoms with E-state index < -0.39 is 24.3 Å². The van der Waals surface area contributed by atoms with Gasteiger partial charge in [0.2, 0.25) is 0 Å². The van der Waals surface area contributed by atoms with Crippen molar-refractivity contribution in [2.24, 2.45) is 11.8 Å². The molecule has 1 fully saturated rings. The van der Waals surface area contributed by atoms with Gasteiger partial charge in [-0.2, -0.15) is 0 Å². The van der Waals surface area contributed by atoms with Gasteiger partial charge in [0.1, 0.15) is 0 Å². The molecule has 2 unspecified atom stereocenters. The van der Waals surface area contributed by atoms with Crippen molar-refractivity contribution in [3.8, 4) is 0 Å². The van der Waals surface area contributed by atoms with Gasteiger partial charge in [-0.1, -0.05) is 37.5 Å². The number of fused-ring (bicyclic) bond motifs is 1. The molecular formula is C23H32O5S. The van der Waals surface area contributed by atoms with Crippen molar-refractivity contribution >= 4 is 27.4 Å². The average molecular weight is 421 g/mol. The number of aliphatic hydroxyl groups is 3. The highest BCUT2D eigenvalue weighted by molar-refractivity contribution is 7.19. The number of rotatable bonds is 11. The number of unbranched alkanes of at least 4 members (excludes halogenated alkanes) is 3. The Hall–Kier alpha value is -1.47. The molecule has 160 valence electrons. The molecular weight excluding hydrogens is 388 g/mol. The Labute approximate surface area is 176 Å². The molecule has 1 heterocycles. The van der Waals surface area contributed by atoms with Crippen molar-refractivity contribution in [1.82, 2.24) is 0 Å². The van der Waals surface area contributed by atoms with Crippen molar-refractivity contribution in [1.29, 1.82) is 0 Å². The lowest BCUT2D eigenvalue weighted by Crippen LogP contribution is -2.23. The maximum absolute atomic E-state index is 10.7. The average Bonchev–Trinajstić information content (AvgIpc) is 3.23. The first-order valence-electron chi connectivity index (χ1n) is 10.7. The van der Waals surface area contributed by atoms with Gasteiger partial charge in [0.05, 0.1) is 18.3 Å². The Kier molecular flexibility index (Phi) is 8.07. The van der Waals surface area contributed by atoms with Crippen LogP contribution in [0.1, 0.15) is 68.8 Å².